The van der Waals surface area contributed by atoms with E-state index in [1.165, 1.54) is 0 Å². The SMILES string of the molecule is Cc1ccccc1Nc1ccc(C(=O)NC(C)C)nn1. The molecule has 5 nitrogen and oxygen atoms in total. The summed E-state index contributed by atoms with van der Waals surface area (Å²) in [6.07, 6.45) is 0. The van der Waals surface area contributed by atoms with Gasteiger partial charge in [0, 0.05) is 11.7 Å². The van der Waals surface area contributed by atoms with E-state index in [9.17, 15) is 4.79 Å². The van der Waals surface area contributed by atoms with E-state index in [1.54, 1.807) is 12.1 Å². The van der Waals surface area contributed by atoms with E-state index in [-0.39, 0.29) is 11.9 Å². The molecule has 0 saturated heterocycles. The molecule has 0 atom stereocenters. The second-order valence-corrected chi connectivity index (χ2v) is 4.87. The van der Waals surface area contributed by atoms with Crippen LogP contribution in [0.15, 0.2) is 36.4 Å². The highest BCUT2D eigenvalue weighted by Gasteiger charge is 2.09. The Morgan fingerprint density at radius 1 is 1.10 bits per heavy atom. The van der Waals surface area contributed by atoms with Gasteiger partial charge in [0.2, 0.25) is 0 Å². The van der Waals surface area contributed by atoms with Crippen molar-refractivity contribution in [1.82, 2.24) is 15.5 Å². The number of hydrogen-bond donors (Lipinski definition) is 2. The average molecular weight is 270 g/mol. The number of para-hydroxylation sites is 1. The molecule has 0 aliphatic carbocycles. The van der Waals surface area contributed by atoms with Crippen LogP contribution in [0.5, 0.6) is 0 Å². The molecule has 0 bridgehead atoms. The van der Waals surface area contributed by atoms with E-state index < -0.39 is 0 Å². The molecule has 0 radical (unpaired) electrons. The van der Waals surface area contributed by atoms with Crippen molar-refractivity contribution < 1.29 is 4.79 Å². The third-order valence-electron chi connectivity index (χ3n) is 2.72. The molecular formula is C15H18N4O. The minimum Gasteiger partial charge on any atom is -0.348 e. The second-order valence-electron chi connectivity index (χ2n) is 4.87. The average Bonchev–Trinajstić information content (AvgIpc) is 2.41. The molecule has 2 aromatic rings. The maximum Gasteiger partial charge on any atom is 0.271 e. The number of benzene rings is 1. The van der Waals surface area contributed by atoms with Crippen LogP contribution >= 0.6 is 0 Å². The number of carbonyl (C=O) groups excluding carboxylic acids is 1. The van der Waals surface area contributed by atoms with Crippen molar-refractivity contribution in [2.75, 3.05) is 5.32 Å². The molecule has 0 aliphatic heterocycles. The number of aryl methyl sites for hydroxylation is 1. The van der Waals surface area contributed by atoms with Gasteiger partial charge in [-0.2, -0.15) is 0 Å². The Balaban J connectivity index is 2.09. The topological polar surface area (TPSA) is 66.9 Å². The summed E-state index contributed by atoms with van der Waals surface area (Å²) in [4.78, 5) is 11.7. The molecule has 1 aromatic heterocycles. The van der Waals surface area contributed by atoms with Crippen molar-refractivity contribution in [2.24, 2.45) is 0 Å². The van der Waals surface area contributed by atoms with Crippen LogP contribution in [0.2, 0.25) is 0 Å². The van der Waals surface area contributed by atoms with E-state index >= 15 is 0 Å². The molecular weight excluding hydrogens is 252 g/mol. The van der Waals surface area contributed by atoms with Gasteiger partial charge in [0.25, 0.3) is 5.91 Å². The van der Waals surface area contributed by atoms with Gasteiger partial charge in [-0.15, -0.1) is 10.2 Å². The van der Waals surface area contributed by atoms with Crippen LogP contribution in [-0.4, -0.2) is 22.1 Å². The minimum atomic E-state index is -0.213. The molecule has 1 aromatic carbocycles. The zero-order valence-electron chi connectivity index (χ0n) is 11.8. The Morgan fingerprint density at radius 3 is 2.45 bits per heavy atom. The highest BCUT2D eigenvalue weighted by atomic mass is 16.1. The number of carbonyl (C=O) groups is 1. The quantitative estimate of drug-likeness (QED) is 0.896. The maximum atomic E-state index is 11.7. The maximum absolute atomic E-state index is 11.7. The third-order valence-corrected chi connectivity index (χ3v) is 2.72. The summed E-state index contributed by atoms with van der Waals surface area (Å²) >= 11 is 0. The van der Waals surface area contributed by atoms with Crippen molar-refractivity contribution in [2.45, 2.75) is 26.8 Å². The predicted octanol–water partition coefficient (Wildman–Crippen LogP) is 2.67. The van der Waals surface area contributed by atoms with Gasteiger partial charge in [-0.05, 0) is 44.5 Å². The van der Waals surface area contributed by atoms with Crippen molar-refractivity contribution >= 4 is 17.4 Å². The summed E-state index contributed by atoms with van der Waals surface area (Å²) in [6, 6.07) is 11.4. The summed E-state index contributed by atoms with van der Waals surface area (Å²) in [5, 5.41) is 13.9. The second kappa shape index (κ2) is 6.14. The number of nitrogens with zero attached hydrogens (tertiary/aromatic N) is 2. The Labute approximate surface area is 118 Å². The smallest absolute Gasteiger partial charge is 0.271 e. The number of aromatic nitrogens is 2. The van der Waals surface area contributed by atoms with Gasteiger partial charge in [0.05, 0.1) is 0 Å². The van der Waals surface area contributed by atoms with Crippen molar-refractivity contribution in [3.8, 4) is 0 Å². The third kappa shape index (κ3) is 3.54. The normalized spacial score (nSPS) is 10.4. The summed E-state index contributed by atoms with van der Waals surface area (Å²) in [6.45, 7) is 5.82. The lowest BCUT2D eigenvalue weighted by molar-refractivity contribution is 0.0937. The fourth-order valence-corrected chi connectivity index (χ4v) is 1.71. The summed E-state index contributed by atoms with van der Waals surface area (Å²) < 4.78 is 0. The Hall–Kier alpha value is -2.43. The molecule has 0 spiro atoms. The Kier molecular flexibility index (Phi) is 4.30. The lowest BCUT2D eigenvalue weighted by Crippen LogP contribution is -2.30. The minimum absolute atomic E-state index is 0.0778. The standard InChI is InChI=1S/C15H18N4O/c1-10(2)16-15(20)13-8-9-14(19-18-13)17-12-7-5-4-6-11(12)3/h4-10H,1-3H3,(H,16,20)(H,17,19). The molecule has 0 fully saturated rings. The number of amides is 1. The van der Waals surface area contributed by atoms with Gasteiger partial charge < -0.3 is 10.6 Å². The molecule has 20 heavy (non-hydrogen) atoms. The number of rotatable bonds is 4. The van der Waals surface area contributed by atoms with Crippen molar-refractivity contribution in [3.05, 3.63) is 47.7 Å². The first-order chi connectivity index (χ1) is 9.56. The molecule has 5 heteroatoms. The van der Waals surface area contributed by atoms with Gasteiger partial charge in [-0.25, -0.2) is 0 Å². The van der Waals surface area contributed by atoms with E-state index in [0.29, 0.717) is 11.5 Å². The summed E-state index contributed by atoms with van der Waals surface area (Å²) in [7, 11) is 0. The largest absolute Gasteiger partial charge is 0.348 e. The zero-order chi connectivity index (χ0) is 14.5. The fourth-order valence-electron chi connectivity index (χ4n) is 1.71. The van der Waals surface area contributed by atoms with Crippen LogP contribution in [0.4, 0.5) is 11.5 Å². The van der Waals surface area contributed by atoms with Crippen LogP contribution in [-0.2, 0) is 0 Å². The fraction of sp³-hybridized carbons (Fsp3) is 0.267. The Morgan fingerprint density at radius 2 is 1.85 bits per heavy atom. The first-order valence-electron chi connectivity index (χ1n) is 6.53. The Bertz CT molecular complexity index is 593. The van der Waals surface area contributed by atoms with Crippen LogP contribution in [0.3, 0.4) is 0 Å². The number of nitrogens with one attached hydrogen (secondary N) is 2. The summed E-state index contributed by atoms with van der Waals surface area (Å²) in [5.41, 5.74) is 2.41. The molecule has 0 saturated carbocycles. The summed E-state index contributed by atoms with van der Waals surface area (Å²) in [5.74, 6) is 0.398. The predicted molar refractivity (Wildman–Crippen MR) is 79.1 cm³/mol. The molecule has 1 amide bonds. The van der Waals surface area contributed by atoms with Gasteiger partial charge in [-0.1, -0.05) is 18.2 Å². The van der Waals surface area contributed by atoms with Gasteiger partial charge in [0.1, 0.15) is 0 Å². The molecule has 2 rings (SSSR count). The van der Waals surface area contributed by atoms with Gasteiger partial charge in [0.15, 0.2) is 11.5 Å². The van der Waals surface area contributed by atoms with Crippen LogP contribution in [0.1, 0.15) is 29.9 Å². The van der Waals surface area contributed by atoms with Crippen molar-refractivity contribution in [1.29, 1.82) is 0 Å². The van der Waals surface area contributed by atoms with Crippen molar-refractivity contribution in [3.63, 3.8) is 0 Å². The highest BCUT2D eigenvalue weighted by Crippen LogP contribution is 2.17. The van der Waals surface area contributed by atoms with Crippen LogP contribution in [0.25, 0.3) is 0 Å². The van der Waals surface area contributed by atoms with Crippen LogP contribution < -0.4 is 10.6 Å². The first-order valence-corrected chi connectivity index (χ1v) is 6.53. The van der Waals surface area contributed by atoms with Gasteiger partial charge >= 0.3 is 0 Å². The molecule has 1 heterocycles. The number of anilines is 2. The van der Waals surface area contributed by atoms with E-state index in [0.717, 1.165) is 11.3 Å². The van der Waals surface area contributed by atoms with E-state index in [4.69, 9.17) is 0 Å². The molecule has 0 unspecified atom stereocenters. The van der Waals surface area contributed by atoms with E-state index in [2.05, 4.69) is 20.8 Å². The monoisotopic (exact) mass is 270 g/mol. The van der Waals surface area contributed by atoms with E-state index in [1.807, 2.05) is 45.0 Å². The molecule has 2 N–H and O–H groups in total. The lowest BCUT2D eigenvalue weighted by atomic mass is 10.2. The molecule has 0 aliphatic rings. The van der Waals surface area contributed by atoms with Crippen LogP contribution in [0, 0.1) is 6.92 Å². The van der Waals surface area contributed by atoms with Gasteiger partial charge in [-0.3, -0.25) is 4.79 Å². The highest BCUT2D eigenvalue weighted by molar-refractivity contribution is 5.92. The molecule has 104 valence electrons. The lowest BCUT2D eigenvalue weighted by Gasteiger charge is -2.09. The number of hydrogen-bond acceptors (Lipinski definition) is 4. The first kappa shape index (κ1) is 14.0. The zero-order valence-corrected chi connectivity index (χ0v) is 11.8.